The Morgan fingerprint density at radius 2 is 1.92 bits per heavy atom. The van der Waals surface area contributed by atoms with Gasteiger partial charge in [-0.1, -0.05) is 6.07 Å². The van der Waals surface area contributed by atoms with Gasteiger partial charge < -0.3 is 19.5 Å². The molecule has 36 heavy (non-hydrogen) atoms. The van der Waals surface area contributed by atoms with Gasteiger partial charge in [0.25, 0.3) is 0 Å². The molecule has 0 saturated carbocycles. The fourth-order valence-corrected chi connectivity index (χ4v) is 5.33. The molecule has 1 fully saturated rings. The van der Waals surface area contributed by atoms with E-state index >= 15 is 0 Å². The number of nitrogens with one attached hydrogen (secondary N) is 2. The van der Waals surface area contributed by atoms with Crippen LogP contribution < -0.4 is 19.7 Å². The van der Waals surface area contributed by atoms with Crippen molar-refractivity contribution < 1.29 is 13.2 Å². The van der Waals surface area contributed by atoms with Gasteiger partial charge in [-0.3, -0.25) is 14.7 Å². The van der Waals surface area contributed by atoms with Crippen molar-refractivity contribution in [1.82, 2.24) is 19.9 Å². The van der Waals surface area contributed by atoms with E-state index < -0.39 is 10.0 Å². The number of nitrogens with zero attached hydrogens (tertiary/aromatic N) is 4. The Morgan fingerprint density at radius 3 is 2.61 bits per heavy atom. The predicted octanol–water partition coefficient (Wildman–Crippen LogP) is 3.82. The first-order valence-corrected chi connectivity index (χ1v) is 13.4. The van der Waals surface area contributed by atoms with Crippen LogP contribution in [0.2, 0.25) is 0 Å². The second kappa shape index (κ2) is 9.59. The summed E-state index contributed by atoms with van der Waals surface area (Å²) >= 11 is 5.82. The van der Waals surface area contributed by atoms with Crippen molar-refractivity contribution in [1.29, 1.82) is 0 Å². The molecule has 9 nitrogen and oxygen atoms in total. The molecule has 5 rings (SSSR count). The maximum Gasteiger partial charge on any atom is 0.229 e. The van der Waals surface area contributed by atoms with Gasteiger partial charge in [0.1, 0.15) is 11.8 Å². The summed E-state index contributed by atoms with van der Waals surface area (Å²) in [5.74, 6) is 0.378. The first-order valence-electron chi connectivity index (χ1n) is 11.1. The maximum absolute atomic E-state index is 11.8. The second-order valence-corrected chi connectivity index (χ2v) is 10.4. The number of anilines is 2. The normalized spacial score (nSPS) is 17.6. The minimum absolute atomic E-state index is 0.246. The molecule has 3 aromatic heterocycles. The van der Waals surface area contributed by atoms with E-state index in [0.29, 0.717) is 16.5 Å². The van der Waals surface area contributed by atoms with Crippen molar-refractivity contribution in [3.63, 3.8) is 0 Å². The van der Waals surface area contributed by atoms with Gasteiger partial charge in [-0.2, -0.15) is 0 Å². The summed E-state index contributed by atoms with van der Waals surface area (Å²) in [6.45, 7) is 0. The molecule has 2 atom stereocenters. The lowest BCUT2D eigenvalue weighted by Gasteiger charge is -2.29. The molecule has 0 amide bonds. The molecule has 1 saturated heterocycles. The van der Waals surface area contributed by atoms with Crippen molar-refractivity contribution in [2.45, 2.75) is 12.1 Å². The number of sulfonamides is 1. The highest BCUT2D eigenvalue weighted by molar-refractivity contribution is 7.92. The lowest BCUT2D eigenvalue weighted by atomic mass is 10.0. The highest BCUT2D eigenvalue weighted by atomic mass is 32.2. The summed E-state index contributed by atoms with van der Waals surface area (Å²) in [6, 6.07) is 18.4. The van der Waals surface area contributed by atoms with E-state index in [1.807, 2.05) is 59.6 Å². The topological polar surface area (TPSA) is 101 Å². The molecule has 0 spiro atoms. The number of pyridine rings is 2. The van der Waals surface area contributed by atoms with E-state index in [-0.39, 0.29) is 12.1 Å². The number of thiocarbonyl (C=S) groups is 1. The Hall–Kier alpha value is -3.96. The Morgan fingerprint density at radius 1 is 1.06 bits per heavy atom. The molecule has 1 aromatic carbocycles. The number of aromatic nitrogens is 3. The van der Waals surface area contributed by atoms with Crippen molar-refractivity contribution in [3.05, 3.63) is 96.8 Å². The number of ether oxygens (including phenoxy) is 1. The molecule has 4 heterocycles. The van der Waals surface area contributed by atoms with Gasteiger partial charge in [0.05, 0.1) is 42.7 Å². The summed E-state index contributed by atoms with van der Waals surface area (Å²) in [5.41, 5.74) is 3.82. The lowest BCUT2D eigenvalue weighted by molar-refractivity contribution is 0.417. The van der Waals surface area contributed by atoms with Crippen LogP contribution in [-0.2, 0) is 10.0 Å². The zero-order valence-electron chi connectivity index (χ0n) is 19.6. The van der Waals surface area contributed by atoms with Gasteiger partial charge in [-0.25, -0.2) is 8.42 Å². The first-order chi connectivity index (χ1) is 17.4. The third kappa shape index (κ3) is 4.62. The summed E-state index contributed by atoms with van der Waals surface area (Å²) in [6.07, 6.45) is 8.38. The van der Waals surface area contributed by atoms with Crippen LogP contribution in [0.15, 0.2) is 85.5 Å². The van der Waals surface area contributed by atoms with E-state index in [1.54, 1.807) is 30.7 Å². The minimum atomic E-state index is -3.48. The average Bonchev–Trinajstić information content (AvgIpc) is 3.49. The van der Waals surface area contributed by atoms with Gasteiger partial charge in [0, 0.05) is 36.0 Å². The van der Waals surface area contributed by atoms with E-state index in [9.17, 15) is 8.42 Å². The first kappa shape index (κ1) is 23.8. The minimum Gasteiger partial charge on any atom is -0.494 e. The van der Waals surface area contributed by atoms with E-state index in [1.165, 1.54) is 7.11 Å². The second-order valence-electron chi connectivity index (χ2n) is 8.27. The zero-order valence-corrected chi connectivity index (χ0v) is 21.2. The average molecular weight is 521 g/mol. The van der Waals surface area contributed by atoms with Crippen LogP contribution in [0, 0.1) is 0 Å². The van der Waals surface area contributed by atoms with Gasteiger partial charge in [-0.05, 0) is 60.7 Å². The molecule has 0 bridgehead atoms. The number of rotatable bonds is 7. The molecule has 2 unspecified atom stereocenters. The summed E-state index contributed by atoms with van der Waals surface area (Å²) in [5, 5.41) is 3.95. The monoisotopic (exact) mass is 520 g/mol. The van der Waals surface area contributed by atoms with Gasteiger partial charge in [0.2, 0.25) is 10.0 Å². The van der Waals surface area contributed by atoms with Crippen LogP contribution in [0.1, 0.15) is 23.5 Å². The number of methoxy groups -OCH3 is 1. The standard InChI is InChI=1S/C25H24N6O3S2/c1-34-22-15-17(10-11-19(22)29-36(2,32)33)31-24(23(28-25(31)35)20-8-3-4-13-27-20)21-9-6-14-30(21)18-7-5-12-26-16-18/h3-16,23-24,29H,1-2H3,(H,28,35). The van der Waals surface area contributed by atoms with Crippen LogP contribution in [0.3, 0.4) is 0 Å². The molecule has 1 aliphatic rings. The maximum atomic E-state index is 11.8. The SMILES string of the molecule is COc1cc(N2C(=S)NC(c3ccccn3)C2c2cccn2-c2cccnc2)ccc1NS(C)(=O)=O. The molecule has 184 valence electrons. The van der Waals surface area contributed by atoms with Gasteiger partial charge in [-0.15, -0.1) is 0 Å². The van der Waals surface area contributed by atoms with Gasteiger partial charge in [0.15, 0.2) is 5.11 Å². The van der Waals surface area contributed by atoms with Crippen LogP contribution >= 0.6 is 12.2 Å². The Labute approximate surface area is 214 Å². The molecule has 2 N–H and O–H groups in total. The molecule has 0 aliphatic carbocycles. The van der Waals surface area contributed by atoms with Crippen LogP contribution in [-0.4, -0.2) is 41.4 Å². The quantitative estimate of drug-likeness (QED) is 0.355. The Bertz CT molecular complexity index is 1490. The molecular formula is C25H24N6O3S2. The zero-order chi connectivity index (χ0) is 25.3. The van der Waals surface area contributed by atoms with E-state index in [0.717, 1.165) is 29.0 Å². The van der Waals surface area contributed by atoms with Crippen molar-refractivity contribution in [3.8, 4) is 11.4 Å². The largest absolute Gasteiger partial charge is 0.494 e. The molecule has 4 aromatic rings. The third-order valence-corrected chi connectivity index (χ3v) is 6.77. The fourth-order valence-electron chi connectivity index (χ4n) is 4.41. The highest BCUT2D eigenvalue weighted by Gasteiger charge is 2.42. The smallest absolute Gasteiger partial charge is 0.229 e. The predicted molar refractivity (Wildman–Crippen MR) is 143 cm³/mol. The number of hydrogen-bond donors (Lipinski definition) is 2. The molecule has 0 radical (unpaired) electrons. The van der Waals surface area contributed by atoms with Crippen molar-refractivity contribution >= 4 is 38.7 Å². The summed E-state index contributed by atoms with van der Waals surface area (Å²) in [7, 11) is -1.98. The van der Waals surface area contributed by atoms with Crippen molar-refractivity contribution in [2.24, 2.45) is 0 Å². The molecule has 11 heteroatoms. The van der Waals surface area contributed by atoms with Gasteiger partial charge >= 0.3 is 0 Å². The van der Waals surface area contributed by atoms with Crippen LogP contribution in [0.25, 0.3) is 5.69 Å². The van der Waals surface area contributed by atoms with Crippen LogP contribution in [0.5, 0.6) is 5.75 Å². The Balaban J connectivity index is 1.64. The highest BCUT2D eigenvalue weighted by Crippen LogP contribution is 2.43. The fraction of sp³-hybridized carbons (Fsp3) is 0.160. The summed E-state index contributed by atoms with van der Waals surface area (Å²) < 4.78 is 33.7. The Kier molecular flexibility index (Phi) is 6.33. The molecular weight excluding hydrogens is 496 g/mol. The van der Waals surface area contributed by atoms with E-state index in [4.69, 9.17) is 17.0 Å². The lowest BCUT2D eigenvalue weighted by Crippen LogP contribution is -2.30. The number of benzene rings is 1. The van der Waals surface area contributed by atoms with E-state index in [2.05, 4.69) is 24.6 Å². The molecule has 1 aliphatic heterocycles. The number of hydrogen-bond acceptors (Lipinski definition) is 6. The third-order valence-electron chi connectivity index (χ3n) is 5.86. The van der Waals surface area contributed by atoms with Crippen molar-refractivity contribution in [2.75, 3.05) is 23.0 Å². The summed E-state index contributed by atoms with van der Waals surface area (Å²) in [4.78, 5) is 10.9. The van der Waals surface area contributed by atoms with Crippen LogP contribution in [0.4, 0.5) is 11.4 Å².